The number of hydrogen-bond acceptors (Lipinski definition) is 2. The second-order valence-corrected chi connectivity index (χ2v) is 3.06. The Kier molecular flexibility index (Phi) is 17.0. The van der Waals surface area contributed by atoms with Crippen LogP contribution in [0.25, 0.3) is 0 Å². The third-order valence-corrected chi connectivity index (χ3v) is 2.09. The van der Waals surface area contributed by atoms with Crippen molar-refractivity contribution in [1.29, 1.82) is 0 Å². The van der Waals surface area contributed by atoms with Crippen molar-refractivity contribution in [3.8, 4) is 5.75 Å². The van der Waals surface area contributed by atoms with Crippen molar-refractivity contribution in [2.75, 3.05) is 7.11 Å². The van der Waals surface area contributed by atoms with Gasteiger partial charge in [0, 0.05) is 0 Å². The van der Waals surface area contributed by atoms with Crippen LogP contribution in [-0.2, 0) is 0 Å². The number of carboxylic acids is 1. The zero-order valence-electron chi connectivity index (χ0n) is 10.9. The number of carboxylic acid groups (broad SMARTS) is 1. The van der Waals surface area contributed by atoms with Gasteiger partial charge in [0.25, 0.3) is 0 Å². The van der Waals surface area contributed by atoms with Crippen molar-refractivity contribution in [3.05, 3.63) is 67.2 Å². The average Bonchev–Trinajstić information content (AvgIpc) is 2.47. The first kappa shape index (κ1) is 22.5. The summed E-state index contributed by atoms with van der Waals surface area (Å²) in [5.41, 5.74) is -0.114. The van der Waals surface area contributed by atoms with Gasteiger partial charge in [-0.3, -0.25) is 0 Å². The highest BCUT2D eigenvalue weighted by molar-refractivity contribution is 6.36. The maximum absolute atomic E-state index is 10.7. The number of rotatable bonds is 2. The molecule has 0 fully saturated rings. The van der Waals surface area contributed by atoms with E-state index in [0.717, 1.165) is 0 Å². The molecule has 0 heterocycles. The number of halogens is 2. The van der Waals surface area contributed by atoms with E-state index in [0.29, 0.717) is 0 Å². The van der Waals surface area contributed by atoms with Gasteiger partial charge in [-0.05, 0) is 12.1 Å². The molecule has 0 aliphatic carbocycles. The molecule has 0 aliphatic heterocycles. The number of benzene rings is 1. The SMILES string of the molecule is C=C.C=C.C=C.COc1c(Cl)ccc(Cl)c1C(=O)O. The highest BCUT2D eigenvalue weighted by atomic mass is 35.5. The third kappa shape index (κ3) is 7.34. The van der Waals surface area contributed by atoms with Gasteiger partial charge < -0.3 is 9.84 Å². The molecule has 0 bridgehead atoms. The van der Waals surface area contributed by atoms with Gasteiger partial charge in [0.2, 0.25) is 0 Å². The van der Waals surface area contributed by atoms with Crippen LogP contribution in [0, 0.1) is 0 Å². The van der Waals surface area contributed by atoms with E-state index in [4.69, 9.17) is 33.0 Å². The summed E-state index contributed by atoms with van der Waals surface area (Å²) < 4.78 is 4.82. The van der Waals surface area contributed by atoms with Crippen molar-refractivity contribution in [2.45, 2.75) is 0 Å². The fourth-order valence-corrected chi connectivity index (χ4v) is 1.40. The molecule has 0 saturated heterocycles. The molecule has 5 heteroatoms. The first-order valence-electron chi connectivity index (χ1n) is 4.83. The standard InChI is InChI=1S/C8H6Cl2O3.3C2H4/c1-13-7-5(10)3-2-4(9)6(7)8(11)12;3*1-2/h2-3H,1H3,(H,11,12);3*1-2H2. The fraction of sp³-hybridized carbons (Fsp3) is 0.0714. The smallest absolute Gasteiger partial charge is 0.341 e. The monoisotopic (exact) mass is 304 g/mol. The van der Waals surface area contributed by atoms with Gasteiger partial charge >= 0.3 is 5.97 Å². The zero-order valence-corrected chi connectivity index (χ0v) is 12.4. The lowest BCUT2D eigenvalue weighted by Crippen LogP contribution is -2.01. The minimum atomic E-state index is -1.16. The number of aromatic carboxylic acids is 1. The van der Waals surface area contributed by atoms with E-state index in [9.17, 15) is 4.79 Å². The molecule has 0 saturated carbocycles. The van der Waals surface area contributed by atoms with E-state index in [-0.39, 0.29) is 21.4 Å². The molecule has 19 heavy (non-hydrogen) atoms. The van der Waals surface area contributed by atoms with Crippen LogP contribution in [0.3, 0.4) is 0 Å². The van der Waals surface area contributed by atoms with Crippen molar-refractivity contribution in [2.24, 2.45) is 0 Å². The van der Waals surface area contributed by atoms with E-state index < -0.39 is 5.97 Å². The van der Waals surface area contributed by atoms with Crippen molar-refractivity contribution < 1.29 is 14.6 Å². The Morgan fingerprint density at radius 2 is 1.42 bits per heavy atom. The van der Waals surface area contributed by atoms with Gasteiger partial charge in [-0.15, -0.1) is 39.5 Å². The van der Waals surface area contributed by atoms with Crippen molar-refractivity contribution in [3.63, 3.8) is 0 Å². The van der Waals surface area contributed by atoms with Gasteiger partial charge in [-0.1, -0.05) is 23.2 Å². The Morgan fingerprint density at radius 3 is 1.68 bits per heavy atom. The van der Waals surface area contributed by atoms with Crippen LogP contribution < -0.4 is 4.74 Å². The number of hydrogen-bond donors (Lipinski definition) is 1. The second kappa shape index (κ2) is 14.4. The van der Waals surface area contributed by atoms with Crippen LogP contribution >= 0.6 is 23.2 Å². The zero-order chi connectivity index (χ0) is 16.0. The van der Waals surface area contributed by atoms with E-state index in [1.54, 1.807) is 0 Å². The molecule has 1 aromatic rings. The van der Waals surface area contributed by atoms with Crippen LogP contribution in [0.5, 0.6) is 5.75 Å². The van der Waals surface area contributed by atoms with E-state index in [1.807, 2.05) is 0 Å². The third-order valence-electron chi connectivity index (χ3n) is 1.48. The topological polar surface area (TPSA) is 46.5 Å². The van der Waals surface area contributed by atoms with E-state index in [2.05, 4.69) is 39.5 Å². The van der Waals surface area contributed by atoms with Gasteiger partial charge in [-0.2, -0.15) is 0 Å². The quantitative estimate of drug-likeness (QED) is 0.773. The minimum absolute atomic E-state index is 0.0849. The summed E-state index contributed by atoms with van der Waals surface area (Å²) in [6.45, 7) is 18.0. The normalized spacial score (nSPS) is 7.32. The minimum Gasteiger partial charge on any atom is -0.494 e. The van der Waals surface area contributed by atoms with Crippen LogP contribution in [-0.4, -0.2) is 18.2 Å². The maximum Gasteiger partial charge on any atom is 0.341 e. The summed E-state index contributed by atoms with van der Waals surface area (Å²) in [5, 5.41) is 9.11. The highest BCUT2D eigenvalue weighted by Crippen LogP contribution is 2.33. The summed E-state index contributed by atoms with van der Waals surface area (Å²) >= 11 is 11.4. The lowest BCUT2D eigenvalue weighted by Gasteiger charge is -2.07. The maximum atomic E-state index is 10.7. The molecule has 0 aliphatic rings. The second-order valence-electron chi connectivity index (χ2n) is 2.24. The fourth-order valence-electron chi connectivity index (χ4n) is 0.932. The molecule has 3 nitrogen and oxygen atoms in total. The molecule has 0 aromatic heterocycles. The van der Waals surface area contributed by atoms with Crippen molar-refractivity contribution >= 4 is 29.2 Å². The number of ether oxygens (including phenoxy) is 1. The molecule has 1 aromatic carbocycles. The number of methoxy groups -OCH3 is 1. The first-order valence-corrected chi connectivity index (χ1v) is 5.58. The summed E-state index contributed by atoms with van der Waals surface area (Å²) in [6, 6.07) is 2.89. The van der Waals surface area contributed by atoms with Gasteiger partial charge in [0.05, 0.1) is 17.2 Å². The lowest BCUT2D eigenvalue weighted by atomic mass is 10.2. The largest absolute Gasteiger partial charge is 0.494 e. The molecular formula is C14H18Cl2O3. The molecule has 0 amide bonds. The Labute approximate surface area is 124 Å². The van der Waals surface area contributed by atoms with Crippen LogP contribution in [0.4, 0.5) is 0 Å². The Hall–Kier alpha value is -1.71. The van der Waals surface area contributed by atoms with Crippen molar-refractivity contribution in [1.82, 2.24) is 0 Å². The number of carbonyl (C=O) groups is 1. The molecule has 106 valence electrons. The molecule has 0 unspecified atom stereocenters. The van der Waals surface area contributed by atoms with Gasteiger partial charge in [-0.25, -0.2) is 4.79 Å². The average molecular weight is 305 g/mol. The summed E-state index contributed by atoms with van der Waals surface area (Å²) in [7, 11) is 1.34. The van der Waals surface area contributed by atoms with Crippen LogP contribution in [0.15, 0.2) is 51.6 Å². The lowest BCUT2D eigenvalue weighted by molar-refractivity contribution is 0.0693. The summed E-state index contributed by atoms with van der Waals surface area (Å²) in [6.07, 6.45) is 0. The van der Waals surface area contributed by atoms with Gasteiger partial charge in [0.1, 0.15) is 5.56 Å². The molecule has 0 radical (unpaired) electrons. The predicted octanol–water partition coefficient (Wildman–Crippen LogP) is 5.11. The van der Waals surface area contributed by atoms with Crippen LogP contribution in [0.1, 0.15) is 10.4 Å². The predicted molar refractivity (Wildman–Crippen MR) is 83.7 cm³/mol. The summed E-state index contributed by atoms with van der Waals surface area (Å²) in [5.74, 6) is -1.08. The first-order chi connectivity index (χ1) is 9.07. The molecule has 0 spiro atoms. The van der Waals surface area contributed by atoms with E-state index in [1.165, 1.54) is 19.2 Å². The molecule has 1 rings (SSSR count). The Morgan fingerprint density at radius 1 is 1.05 bits per heavy atom. The Bertz CT molecular complexity index is 388. The Balaban J connectivity index is -0.000000375. The molecule has 0 atom stereocenters. The molecule has 1 N–H and O–H groups in total. The van der Waals surface area contributed by atoms with E-state index >= 15 is 0 Å². The highest BCUT2D eigenvalue weighted by Gasteiger charge is 2.17. The molecular weight excluding hydrogens is 287 g/mol. The van der Waals surface area contributed by atoms with Crippen LogP contribution in [0.2, 0.25) is 10.0 Å². The summed E-state index contributed by atoms with van der Waals surface area (Å²) in [4.78, 5) is 10.7. The van der Waals surface area contributed by atoms with Gasteiger partial charge in [0.15, 0.2) is 5.75 Å².